The van der Waals surface area contributed by atoms with Crippen LogP contribution in [0, 0.1) is 0 Å². The summed E-state index contributed by atoms with van der Waals surface area (Å²) in [6.45, 7) is 4.33. The van der Waals surface area contributed by atoms with Gasteiger partial charge < -0.3 is 6.53 Å². The van der Waals surface area contributed by atoms with Gasteiger partial charge in [-0.05, 0) is 6.92 Å². The Labute approximate surface area is 95.0 Å². The summed E-state index contributed by atoms with van der Waals surface area (Å²) in [5.41, 5.74) is 0. The molecule has 0 heterocycles. The van der Waals surface area contributed by atoms with Crippen LogP contribution in [0.5, 0.6) is 0 Å². The van der Waals surface area contributed by atoms with Crippen molar-refractivity contribution in [1.29, 1.82) is 0 Å². The Bertz CT molecular complexity index is 225. The van der Waals surface area contributed by atoms with Crippen LogP contribution < -0.4 is 29.6 Å². The first kappa shape index (κ1) is 18.0. The number of carbonyl (C=O) groups is 1. The Balaban J connectivity index is -0.0000000546. The summed E-state index contributed by atoms with van der Waals surface area (Å²) in [6, 6.07) is 0. The standard InChI is InChI=1S/C3H4O2.C2H6O3S.Na.H/c1-2-3(4)5;1-2-6(3,4)5;;/h2H,1H2,(H,4,5);2H2,1H3,(H,3,4,5);;/q;;+1;-1. The molecule has 7 heteroatoms. The first-order chi connectivity index (χ1) is 4.83. The summed E-state index contributed by atoms with van der Waals surface area (Å²) < 4.78 is 26.9. The average Bonchev–Trinajstić information content (AvgIpc) is 1.88. The van der Waals surface area contributed by atoms with Gasteiger partial charge in [0.15, 0.2) is 0 Å². The van der Waals surface area contributed by atoms with Gasteiger partial charge in [0.1, 0.15) is 0 Å². The average molecular weight is 206 g/mol. The van der Waals surface area contributed by atoms with Crippen molar-refractivity contribution in [2.45, 2.75) is 6.92 Å². The molecule has 0 aromatic heterocycles. The van der Waals surface area contributed by atoms with Gasteiger partial charge in [-0.15, -0.1) is 0 Å². The molecule has 0 radical (unpaired) electrons. The van der Waals surface area contributed by atoms with Gasteiger partial charge in [0.05, 0.1) is 5.75 Å². The fourth-order valence-corrected chi connectivity index (χ4v) is 0. The van der Waals surface area contributed by atoms with E-state index in [9.17, 15) is 13.2 Å². The maximum atomic E-state index is 9.56. The summed E-state index contributed by atoms with van der Waals surface area (Å²) in [5.74, 6) is -1.18. The van der Waals surface area contributed by atoms with Crippen LogP contribution in [0.3, 0.4) is 0 Å². The molecule has 0 amide bonds. The Morgan fingerprint density at radius 2 is 1.83 bits per heavy atom. The largest absolute Gasteiger partial charge is 1.00 e. The molecule has 0 aliphatic heterocycles. The van der Waals surface area contributed by atoms with E-state index in [1.54, 1.807) is 0 Å². The quantitative estimate of drug-likeness (QED) is 0.291. The van der Waals surface area contributed by atoms with E-state index in [4.69, 9.17) is 9.66 Å². The molecule has 0 aliphatic rings. The number of rotatable bonds is 2. The SMILES string of the molecule is C=CC(=O)O.CCS(=O)(=O)O.[H-].[Na+]. The summed E-state index contributed by atoms with van der Waals surface area (Å²) >= 11 is 0. The van der Waals surface area contributed by atoms with Crippen molar-refractivity contribution >= 4 is 16.1 Å². The number of aliphatic carboxylic acids is 1. The smallest absolute Gasteiger partial charge is 1.00 e. The molecule has 0 atom stereocenters. The van der Waals surface area contributed by atoms with Crippen molar-refractivity contribution in [3.63, 3.8) is 0 Å². The second-order valence-electron chi connectivity index (χ2n) is 1.41. The van der Waals surface area contributed by atoms with Gasteiger partial charge in [0, 0.05) is 6.08 Å². The molecular weight excluding hydrogens is 195 g/mol. The predicted molar refractivity (Wildman–Crippen MR) is 41.0 cm³/mol. The van der Waals surface area contributed by atoms with Crippen LogP contribution in [-0.4, -0.2) is 29.8 Å². The molecule has 0 saturated carbocycles. The second-order valence-corrected chi connectivity index (χ2v) is 3.15. The van der Waals surface area contributed by atoms with Crippen molar-refractivity contribution < 1.29 is 53.9 Å². The third-order valence-electron chi connectivity index (χ3n) is 0.539. The Kier molecular flexibility index (Phi) is 13.8. The van der Waals surface area contributed by atoms with E-state index in [1.807, 2.05) is 0 Å². The Hall–Kier alpha value is 0.120. The molecule has 0 rings (SSSR count). The number of hydrogen-bond acceptors (Lipinski definition) is 3. The van der Waals surface area contributed by atoms with Gasteiger partial charge in [-0.3, -0.25) is 4.55 Å². The number of carboxylic acids is 1. The van der Waals surface area contributed by atoms with E-state index in [0.29, 0.717) is 0 Å². The molecule has 0 fully saturated rings. The van der Waals surface area contributed by atoms with Crippen LogP contribution in [0.4, 0.5) is 0 Å². The van der Waals surface area contributed by atoms with Crippen molar-refractivity contribution in [1.82, 2.24) is 0 Å². The van der Waals surface area contributed by atoms with Crippen LogP contribution in [0.15, 0.2) is 12.7 Å². The van der Waals surface area contributed by atoms with E-state index in [0.717, 1.165) is 6.08 Å². The minimum atomic E-state index is -3.66. The zero-order valence-corrected chi connectivity index (χ0v) is 9.84. The fraction of sp³-hybridized carbons (Fsp3) is 0.400. The van der Waals surface area contributed by atoms with Gasteiger partial charge in [0.25, 0.3) is 10.1 Å². The van der Waals surface area contributed by atoms with Gasteiger partial charge >= 0.3 is 35.5 Å². The van der Waals surface area contributed by atoms with Crippen LogP contribution in [0.2, 0.25) is 0 Å². The molecule has 12 heavy (non-hydrogen) atoms. The molecular formula is C5H11NaO5S. The summed E-state index contributed by atoms with van der Waals surface area (Å²) in [4.78, 5) is 9.25. The molecule has 0 aliphatic carbocycles. The Morgan fingerprint density at radius 3 is 1.83 bits per heavy atom. The van der Waals surface area contributed by atoms with Gasteiger partial charge in [-0.2, -0.15) is 8.42 Å². The summed E-state index contributed by atoms with van der Waals surface area (Å²) in [5, 5.41) is 7.60. The van der Waals surface area contributed by atoms with Gasteiger partial charge in [-0.25, -0.2) is 4.79 Å². The minimum absolute atomic E-state index is 0. The third kappa shape index (κ3) is 32.1. The molecule has 0 unspecified atom stereocenters. The predicted octanol–water partition coefficient (Wildman–Crippen LogP) is -2.73. The Morgan fingerprint density at radius 1 is 1.67 bits per heavy atom. The number of carboxylic acid groups (broad SMARTS) is 1. The zero-order valence-electron chi connectivity index (χ0n) is 8.02. The van der Waals surface area contributed by atoms with Crippen molar-refractivity contribution in [2.24, 2.45) is 0 Å². The third-order valence-corrected chi connectivity index (χ3v) is 1.27. The van der Waals surface area contributed by atoms with E-state index >= 15 is 0 Å². The van der Waals surface area contributed by atoms with Crippen molar-refractivity contribution in [3.05, 3.63) is 12.7 Å². The molecule has 2 N–H and O–H groups in total. The van der Waals surface area contributed by atoms with Crippen molar-refractivity contribution in [2.75, 3.05) is 5.75 Å². The summed E-state index contributed by atoms with van der Waals surface area (Å²) in [7, 11) is -3.66. The van der Waals surface area contributed by atoms with Crippen LogP contribution in [-0.2, 0) is 14.9 Å². The molecule has 0 saturated heterocycles. The topological polar surface area (TPSA) is 91.7 Å². The molecule has 0 aromatic rings. The number of hydrogen-bond donors (Lipinski definition) is 2. The second kappa shape index (κ2) is 9.21. The van der Waals surface area contributed by atoms with E-state index < -0.39 is 16.1 Å². The van der Waals surface area contributed by atoms with E-state index in [-0.39, 0.29) is 36.7 Å². The van der Waals surface area contributed by atoms with Gasteiger partial charge in [0.2, 0.25) is 0 Å². The molecule has 0 spiro atoms. The van der Waals surface area contributed by atoms with Gasteiger partial charge in [-0.1, -0.05) is 6.58 Å². The normalized spacial score (nSPS) is 8.50. The van der Waals surface area contributed by atoms with Crippen LogP contribution in [0.1, 0.15) is 8.35 Å². The molecule has 0 aromatic carbocycles. The molecule has 68 valence electrons. The van der Waals surface area contributed by atoms with E-state index in [2.05, 4.69) is 6.58 Å². The van der Waals surface area contributed by atoms with Crippen LogP contribution >= 0.6 is 0 Å². The zero-order chi connectivity index (χ0) is 9.49. The first-order valence-corrected chi connectivity index (χ1v) is 4.25. The maximum Gasteiger partial charge on any atom is 1.00 e. The minimum Gasteiger partial charge on any atom is -1.00 e. The fourth-order valence-electron chi connectivity index (χ4n) is 0. The van der Waals surface area contributed by atoms with E-state index in [1.165, 1.54) is 6.92 Å². The maximum absolute atomic E-state index is 9.56. The molecule has 5 nitrogen and oxygen atoms in total. The first-order valence-electron chi connectivity index (χ1n) is 2.64. The molecule has 0 bridgehead atoms. The summed E-state index contributed by atoms with van der Waals surface area (Å²) in [6.07, 6.45) is 0.833. The van der Waals surface area contributed by atoms with Crippen molar-refractivity contribution in [3.8, 4) is 0 Å². The monoisotopic (exact) mass is 206 g/mol. The van der Waals surface area contributed by atoms with Crippen LogP contribution in [0.25, 0.3) is 0 Å².